The first-order valence-electron chi connectivity index (χ1n) is 11.0. The number of alkyl halides is 3. The van der Waals surface area contributed by atoms with Gasteiger partial charge in [-0.25, -0.2) is 14.8 Å². The van der Waals surface area contributed by atoms with Crippen LogP contribution in [0.5, 0.6) is 0 Å². The van der Waals surface area contributed by atoms with Crippen LogP contribution in [0.4, 0.5) is 23.8 Å². The van der Waals surface area contributed by atoms with Crippen LogP contribution < -0.4 is 15.5 Å². The molecule has 190 valence electrons. The molecular weight excluding hydrogens is 505 g/mol. The number of benzene rings is 1. The van der Waals surface area contributed by atoms with E-state index < -0.39 is 11.7 Å². The maximum Gasteiger partial charge on any atom is 0.416 e. The molecule has 2 N–H and O–H groups in total. The van der Waals surface area contributed by atoms with E-state index in [2.05, 4.69) is 20.6 Å². The predicted octanol–water partition coefficient (Wildman–Crippen LogP) is 3.80. The summed E-state index contributed by atoms with van der Waals surface area (Å²) in [6.07, 6.45) is -3.57. The Morgan fingerprint density at radius 1 is 1.11 bits per heavy atom. The highest BCUT2D eigenvalue weighted by molar-refractivity contribution is 7.99. The first-order chi connectivity index (χ1) is 16.7. The number of carbonyl (C=O) groups excluding carboxylic acids is 2. The number of nitrogens with zero attached hydrogens (tertiary/aromatic N) is 4. The van der Waals surface area contributed by atoms with Gasteiger partial charge in [0.1, 0.15) is 11.0 Å². The standard InChI is InChI=1S/C22H26ClF3N6O2S/c1-2-6-27-21(34)32-9-7-31(8-10-32)18-12-17(23)29-20(30-18)35-14-19(33)28-13-15-4-3-5-16(11-15)22(24,25)26/h3-5,11-12H,2,6-10,13-14H2,1H3,(H,27,34)(H,28,33). The number of amides is 3. The number of rotatable bonds is 8. The second-order valence-corrected chi connectivity index (χ2v) is 9.13. The van der Waals surface area contributed by atoms with Crippen molar-refractivity contribution in [2.75, 3.05) is 43.4 Å². The van der Waals surface area contributed by atoms with E-state index in [4.69, 9.17) is 11.6 Å². The summed E-state index contributed by atoms with van der Waals surface area (Å²) in [4.78, 5) is 36.7. The molecule has 0 aliphatic carbocycles. The summed E-state index contributed by atoms with van der Waals surface area (Å²) in [7, 11) is 0. The van der Waals surface area contributed by atoms with Gasteiger partial charge in [-0.3, -0.25) is 4.79 Å². The van der Waals surface area contributed by atoms with Crippen molar-refractivity contribution in [3.8, 4) is 0 Å². The Kier molecular flexibility index (Phi) is 9.44. The van der Waals surface area contributed by atoms with Crippen molar-refractivity contribution in [1.29, 1.82) is 0 Å². The first-order valence-corrected chi connectivity index (χ1v) is 12.4. The molecular formula is C22H26ClF3N6O2S. The Bertz CT molecular complexity index is 1030. The number of carbonyl (C=O) groups is 2. The summed E-state index contributed by atoms with van der Waals surface area (Å²) >= 11 is 7.23. The van der Waals surface area contributed by atoms with E-state index in [1.807, 2.05) is 11.8 Å². The largest absolute Gasteiger partial charge is 0.416 e. The molecule has 0 saturated carbocycles. The Hall–Kier alpha value is -2.73. The topological polar surface area (TPSA) is 90.5 Å². The van der Waals surface area contributed by atoms with E-state index in [1.165, 1.54) is 12.1 Å². The number of thioether (sulfide) groups is 1. The number of urea groups is 1. The molecule has 2 aromatic rings. The highest BCUT2D eigenvalue weighted by Crippen LogP contribution is 2.29. The Morgan fingerprint density at radius 3 is 2.54 bits per heavy atom. The zero-order valence-electron chi connectivity index (χ0n) is 19.1. The average molecular weight is 531 g/mol. The summed E-state index contributed by atoms with van der Waals surface area (Å²) in [5.74, 6) is 0.208. The third kappa shape index (κ3) is 8.17. The quantitative estimate of drug-likeness (QED) is 0.306. The highest BCUT2D eigenvalue weighted by atomic mass is 35.5. The van der Waals surface area contributed by atoms with Crippen molar-refractivity contribution in [1.82, 2.24) is 25.5 Å². The minimum absolute atomic E-state index is 0.0237. The van der Waals surface area contributed by atoms with Crippen molar-refractivity contribution in [2.24, 2.45) is 0 Å². The molecule has 3 amide bonds. The third-order valence-corrected chi connectivity index (χ3v) is 6.20. The molecule has 1 aromatic heterocycles. The van der Waals surface area contributed by atoms with Crippen LogP contribution >= 0.6 is 23.4 Å². The molecule has 1 saturated heterocycles. The smallest absolute Gasteiger partial charge is 0.353 e. The van der Waals surface area contributed by atoms with Gasteiger partial charge in [-0.2, -0.15) is 13.2 Å². The molecule has 1 aliphatic rings. The van der Waals surface area contributed by atoms with Crippen LogP contribution in [0.15, 0.2) is 35.5 Å². The third-order valence-electron chi connectivity index (χ3n) is 5.15. The Labute approximate surface area is 210 Å². The van der Waals surface area contributed by atoms with Gasteiger partial charge in [-0.05, 0) is 24.1 Å². The summed E-state index contributed by atoms with van der Waals surface area (Å²) in [6.45, 7) is 4.83. The number of hydrogen-bond donors (Lipinski definition) is 2. The number of piperazine rings is 1. The molecule has 35 heavy (non-hydrogen) atoms. The van der Waals surface area contributed by atoms with Crippen LogP contribution in [0.25, 0.3) is 0 Å². The monoisotopic (exact) mass is 530 g/mol. The van der Waals surface area contributed by atoms with Crippen LogP contribution in [-0.2, 0) is 17.5 Å². The minimum Gasteiger partial charge on any atom is -0.353 e. The van der Waals surface area contributed by atoms with Gasteiger partial charge < -0.3 is 20.4 Å². The lowest BCUT2D eigenvalue weighted by molar-refractivity contribution is -0.137. The number of nitrogens with one attached hydrogen (secondary N) is 2. The Morgan fingerprint density at radius 2 is 1.86 bits per heavy atom. The number of hydrogen-bond acceptors (Lipinski definition) is 6. The highest BCUT2D eigenvalue weighted by Gasteiger charge is 2.30. The van der Waals surface area contributed by atoms with Gasteiger partial charge in [0, 0.05) is 45.3 Å². The van der Waals surface area contributed by atoms with E-state index in [1.54, 1.807) is 11.0 Å². The van der Waals surface area contributed by atoms with Gasteiger partial charge in [0.2, 0.25) is 5.91 Å². The summed E-state index contributed by atoms with van der Waals surface area (Å²) in [5, 5.41) is 6.00. The van der Waals surface area contributed by atoms with Crippen LogP contribution in [0, 0.1) is 0 Å². The first kappa shape index (κ1) is 26.9. The number of halogens is 4. The van der Waals surface area contributed by atoms with Gasteiger partial charge >= 0.3 is 12.2 Å². The summed E-state index contributed by atoms with van der Waals surface area (Å²) < 4.78 is 38.5. The minimum atomic E-state index is -4.44. The maximum absolute atomic E-state index is 12.8. The summed E-state index contributed by atoms with van der Waals surface area (Å²) in [5.41, 5.74) is -0.414. The van der Waals surface area contributed by atoms with Gasteiger partial charge in [0.05, 0.1) is 11.3 Å². The molecule has 8 nitrogen and oxygen atoms in total. The average Bonchev–Trinajstić information content (AvgIpc) is 2.84. The van der Waals surface area contributed by atoms with Gasteiger partial charge in [0.15, 0.2) is 5.16 Å². The lowest BCUT2D eigenvalue weighted by Crippen LogP contribution is -2.52. The summed E-state index contributed by atoms with van der Waals surface area (Å²) in [6, 6.07) is 6.36. The van der Waals surface area contributed by atoms with E-state index >= 15 is 0 Å². The molecule has 0 bridgehead atoms. The molecule has 13 heteroatoms. The lowest BCUT2D eigenvalue weighted by Gasteiger charge is -2.35. The second-order valence-electron chi connectivity index (χ2n) is 7.80. The molecule has 3 rings (SSSR count). The van der Waals surface area contributed by atoms with Gasteiger partial charge in [0.25, 0.3) is 0 Å². The van der Waals surface area contributed by atoms with Crippen molar-refractivity contribution in [3.63, 3.8) is 0 Å². The van der Waals surface area contributed by atoms with Gasteiger partial charge in [-0.15, -0.1) is 0 Å². The molecule has 1 aromatic carbocycles. The van der Waals surface area contributed by atoms with Crippen molar-refractivity contribution in [2.45, 2.75) is 31.2 Å². The zero-order chi connectivity index (χ0) is 25.4. The van der Waals surface area contributed by atoms with E-state index in [0.29, 0.717) is 49.3 Å². The fourth-order valence-corrected chi connectivity index (χ4v) is 4.24. The maximum atomic E-state index is 12.8. The van der Waals surface area contributed by atoms with Crippen LogP contribution in [0.1, 0.15) is 24.5 Å². The number of aromatic nitrogens is 2. The SMILES string of the molecule is CCCNC(=O)N1CCN(c2cc(Cl)nc(SCC(=O)NCc3cccc(C(F)(F)F)c3)n2)CC1. The molecule has 0 unspecified atom stereocenters. The molecule has 0 radical (unpaired) electrons. The van der Waals surface area contributed by atoms with Crippen LogP contribution in [-0.4, -0.2) is 65.3 Å². The number of anilines is 1. The zero-order valence-corrected chi connectivity index (χ0v) is 20.6. The molecule has 0 spiro atoms. The predicted molar refractivity (Wildman–Crippen MR) is 129 cm³/mol. The van der Waals surface area contributed by atoms with Gasteiger partial charge in [-0.1, -0.05) is 42.4 Å². The normalized spacial score (nSPS) is 14.1. The molecule has 2 heterocycles. The molecule has 1 aliphatic heterocycles. The van der Waals surface area contributed by atoms with E-state index in [0.717, 1.165) is 30.3 Å². The molecule has 1 fully saturated rings. The van der Waals surface area contributed by atoms with Crippen LogP contribution in [0.2, 0.25) is 5.15 Å². The fraction of sp³-hybridized carbons (Fsp3) is 0.455. The fourth-order valence-electron chi connectivity index (χ4n) is 3.33. The van der Waals surface area contributed by atoms with E-state index in [-0.39, 0.29) is 29.4 Å². The van der Waals surface area contributed by atoms with Crippen molar-refractivity contribution in [3.05, 3.63) is 46.6 Å². The second kappa shape index (κ2) is 12.3. The Balaban J connectivity index is 1.50. The van der Waals surface area contributed by atoms with E-state index in [9.17, 15) is 22.8 Å². The van der Waals surface area contributed by atoms with Crippen molar-refractivity contribution >= 4 is 41.1 Å². The van der Waals surface area contributed by atoms with Crippen LogP contribution in [0.3, 0.4) is 0 Å². The molecule has 0 atom stereocenters. The van der Waals surface area contributed by atoms with Crippen molar-refractivity contribution < 1.29 is 22.8 Å². The lowest BCUT2D eigenvalue weighted by atomic mass is 10.1.